The molecule has 0 aliphatic carbocycles. The van der Waals surface area contributed by atoms with Crippen LogP contribution in [0.1, 0.15) is 97.3 Å². The van der Waals surface area contributed by atoms with E-state index in [4.69, 9.17) is 18.8 Å². The van der Waals surface area contributed by atoms with Gasteiger partial charge in [0.15, 0.2) is 0 Å². The van der Waals surface area contributed by atoms with Gasteiger partial charge in [0, 0.05) is 24.2 Å². The molecule has 0 heterocycles. The van der Waals surface area contributed by atoms with Crippen LogP contribution in [0.2, 0.25) is 0 Å². The van der Waals surface area contributed by atoms with Gasteiger partial charge in [0.2, 0.25) is 11.8 Å². The number of anilines is 2. The molecular formula is C31H48N2O8P2. The number of carbonyl (C=O) groups is 2. The van der Waals surface area contributed by atoms with Crippen molar-refractivity contribution in [1.29, 1.82) is 0 Å². The largest absolute Gasteiger partial charge is 0.361 e. The number of nitrogens with one attached hydrogen (secondary N) is 2. The molecule has 2 amide bonds. The fourth-order valence-electron chi connectivity index (χ4n) is 4.60. The van der Waals surface area contributed by atoms with Crippen molar-refractivity contribution in [2.45, 2.75) is 97.3 Å². The van der Waals surface area contributed by atoms with Crippen molar-refractivity contribution < 1.29 is 37.6 Å². The minimum absolute atomic E-state index is 0.0279. The van der Waals surface area contributed by atoms with Crippen molar-refractivity contribution in [3.8, 4) is 0 Å². The molecule has 0 bridgehead atoms. The molecule has 10 nitrogen and oxygen atoms in total. The molecule has 0 atom stereocenters. The van der Waals surface area contributed by atoms with Gasteiger partial charge in [-0.3, -0.25) is 18.7 Å². The van der Waals surface area contributed by atoms with E-state index < -0.39 is 15.2 Å². The minimum Gasteiger partial charge on any atom is -0.326 e. The van der Waals surface area contributed by atoms with Crippen LogP contribution in [0.4, 0.5) is 11.4 Å². The molecule has 0 aliphatic heterocycles. The molecule has 0 aromatic heterocycles. The molecule has 0 fully saturated rings. The van der Waals surface area contributed by atoms with Crippen LogP contribution in [0.5, 0.6) is 0 Å². The van der Waals surface area contributed by atoms with Gasteiger partial charge in [-0.1, -0.05) is 57.8 Å². The minimum atomic E-state index is -4.27. The van der Waals surface area contributed by atoms with E-state index >= 15 is 0 Å². The summed E-state index contributed by atoms with van der Waals surface area (Å²) >= 11 is 0. The molecule has 240 valence electrons. The van der Waals surface area contributed by atoms with Crippen molar-refractivity contribution in [3.63, 3.8) is 0 Å². The van der Waals surface area contributed by atoms with Gasteiger partial charge in [-0.05, 0) is 75.2 Å². The summed E-state index contributed by atoms with van der Waals surface area (Å²) in [5.74, 6) is -0.122. The van der Waals surface area contributed by atoms with Crippen molar-refractivity contribution in [1.82, 2.24) is 0 Å². The number of hydrogen-bond donors (Lipinski definition) is 4. The Morgan fingerprint density at radius 1 is 0.581 bits per heavy atom. The van der Waals surface area contributed by atoms with Crippen molar-refractivity contribution in [2.75, 3.05) is 23.8 Å². The molecule has 0 unspecified atom stereocenters. The Bertz CT molecular complexity index is 1190. The Hall–Kier alpha value is -2.32. The van der Waals surface area contributed by atoms with Gasteiger partial charge in [0.05, 0.1) is 23.8 Å². The molecule has 0 spiro atoms. The fourth-order valence-corrected chi connectivity index (χ4v) is 6.71. The summed E-state index contributed by atoms with van der Waals surface area (Å²) in [7, 11) is -7.60. The monoisotopic (exact) mass is 638 g/mol. The van der Waals surface area contributed by atoms with E-state index in [1.807, 2.05) is 0 Å². The maximum absolute atomic E-state index is 12.8. The summed E-state index contributed by atoms with van der Waals surface area (Å²) in [5.41, 5.74) is 1.19. The van der Waals surface area contributed by atoms with E-state index in [1.54, 1.807) is 38.1 Å². The third kappa shape index (κ3) is 14.8. The zero-order valence-electron chi connectivity index (χ0n) is 25.5. The van der Waals surface area contributed by atoms with Gasteiger partial charge in [0.25, 0.3) is 0 Å². The Balaban J connectivity index is 1.44. The second kappa shape index (κ2) is 19.9. The van der Waals surface area contributed by atoms with Gasteiger partial charge in [-0.25, -0.2) is 0 Å². The van der Waals surface area contributed by atoms with E-state index in [2.05, 4.69) is 10.6 Å². The van der Waals surface area contributed by atoms with Crippen LogP contribution in [0.15, 0.2) is 48.5 Å². The second-order valence-corrected chi connectivity index (χ2v) is 14.1. The number of rotatable bonds is 22. The lowest BCUT2D eigenvalue weighted by molar-refractivity contribution is -0.117. The molecule has 4 N–H and O–H groups in total. The van der Waals surface area contributed by atoms with Crippen LogP contribution in [0.3, 0.4) is 0 Å². The second-order valence-electron chi connectivity index (χ2n) is 10.5. The lowest BCUT2D eigenvalue weighted by atomic mass is 10.0. The molecular weight excluding hydrogens is 590 g/mol. The van der Waals surface area contributed by atoms with Crippen LogP contribution >= 0.6 is 15.2 Å². The molecule has 0 aliphatic rings. The van der Waals surface area contributed by atoms with Crippen LogP contribution in [0.25, 0.3) is 0 Å². The fraction of sp³-hybridized carbons (Fsp3) is 0.548. The van der Waals surface area contributed by atoms with Gasteiger partial charge >= 0.3 is 15.2 Å². The number of benzene rings is 2. The predicted molar refractivity (Wildman–Crippen MR) is 172 cm³/mol. The summed E-state index contributed by atoms with van der Waals surface area (Å²) < 4.78 is 34.7. The average Bonchev–Trinajstić information content (AvgIpc) is 2.96. The standard InChI is InChI=1S/C31H48N2O8P2/c1-3-40-43(39,41-4-2)29-24-20-27(21-25-29)33-31(35)17-15-13-11-9-7-5-6-8-10-12-14-16-30(34)32-26-18-22-28(23-19-26)42(36,37)38/h18-25H,3-17H2,1-2H3,(H,32,34)(H,33,35)(H2,36,37,38). The Morgan fingerprint density at radius 2 is 0.907 bits per heavy atom. The summed E-state index contributed by atoms with van der Waals surface area (Å²) in [6, 6.07) is 12.4. The Kier molecular flexibility index (Phi) is 17.0. The number of carbonyl (C=O) groups excluding carboxylic acids is 2. The zero-order chi connectivity index (χ0) is 31.6. The van der Waals surface area contributed by atoms with Crippen molar-refractivity contribution in [3.05, 3.63) is 48.5 Å². The molecule has 2 rings (SSSR count). The SMILES string of the molecule is CCOP(=O)(OCC)c1ccc(NC(=O)CCCCCCCCCCCCCC(=O)Nc2ccc(P(=O)(O)O)cc2)cc1. The van der Waals surface area contributed by atoms with E-state index in [0.29, 0.717) is 29.5 Å². The maximum atomic E-state index is 12.8. The van der Waals surface area contributed by atoms with E-state index in [-0.39, 0.29) is 30.3 Å². The molecule has 12 heteroatoms. The van der Waals surface area contributed by atoms with Crippen molar-refractivity contribution in [2.24, 2.45) is 0 Å². The third-order valence-electron chi connectivity index (χ3n) is 6.86. The van der Waals surface area contributed by atoms with E-state index in [1.165, 1.54) is 43.5 Å². The number of amides is 2. The molecule has 2 aromatic rings. The highest BCUT2D eigenvalue weighted by Crippen LogP contribution is 2.46. The van der Waals surface area contributed by atoms with Crippen LogP contribution in [-0.4, -0.2) is 34.8 Å². The maximum Gasteiger partial charge on any atom is 0.361 e. The topological polar surface area (TPSA) is 151 Å². The average molecular weight is 639 g/mol. The highest BCUT2D eigenvalue weighted by molar-refractivity contribution is 7.62. The van der Waals surface area contributed by atoms with Gasteiger partial charge < -0.3 is 29.5 Å². The Labute approximate surface area is 256 Å². The Morgan fingerprint density at radius 3 is 1.23 bits per heavy atom. The molecule has 0 radical (unpaired) electrons. The zero-order valence-corrected chi connectivity index (χ0v) is 27.3. The van der Waals surface area contributed by atoms with E-state index in [0.717, 1.165) is 51.4 Å². The summed E-state index contributed by atoms with van der Waals surface area (Å²) in [4.78, 5) is 42.6. The van der Waals surface area contributed by atoms with E-state index in [9.17, 15) is 18.7 Å². The lowest BCUT2D eigenvalue weighted by Crippen LogP contribution is -2.13. The van der Waals surface area contributed by atoms with Gasteiger partial charge in [0.1, 0.15) is 0 Å². The normalized spacial score (nSPS) is 11.8. The lowest BCUT2D eigenvalue weighted by Gasteiger charge is -2.17. The van der Waals surface area contributed by atoms with Gasteiger partial charge in [-0.15, -0.1) is 0 Å². The highest BCUT2D eigenvalue weighted by Gasteiger charge is 2.26. The first-order valence-electron chi connectivity index (χ1n) is 15.3. The number of unbranched alkanes of at least 4 members (excludes halogenated alkanes) is 10. The first-order valence-corrected chi connectivity index (χ1v) is 18.5. The summed E-state index contributed by atoms with van der Waals surface area (Å²) in [5, 5.41) is 6.06. The van der Waals surface area contributed by atoms with Crippen molar-refractivity contribution >= 4 is 49.0 Å². The first kappa shape index (κ1) is 36.9. The first-order chi connectivity index (χ1) is 20.6. The molecule has 43 heavy (non-hydrogen) atoms. The van der Waals surface area contributed by atoms with Crippen LogP contribution < -0.4 is 21.2 Å². The number of hydrogen-bond acceptors (Lipinski definition) is 6. The highest BCUT2D eigenvalue weighted by atomic mass is 31.2. The molecule has 0 saturated carbocycles. The van der Waals surface area contributed by atoms with Crippen LogP contribution in [-0.2, 0) is 27.8 Å². The van der Waals surface area contributed by atoms with Gasteiger partial charge in [-0.2, -0.15) is 0 Å². The summed E-state index contributed by atoms with van der Waals surface area (Å²) in [6.07, 6.45) is 12.7. The van der Waals surface area contributed by atoms with Crippen LogP contribution in [0, 0.1) is 0 Å². The summed E-state index contributed by atoms with van der Waals surface area (Å²) in [6.45, 7) is 4.11. The molecule has 2 aromatic carbocycles. The molecule has 0 saturated heterocycles. The predicted octanol–water partition coefficient (Wildman–Crippen LogP) is 7.03. The third-order valence-corrected chi connectivity index (χ3v) is 9.96. The quantitative estimate of drug-likeness (QED) is 0.0793. The smallest absolute Gasteiger partial charge is 0.326 e.